The molecule has 2 rings (SSSR count). The number of methoxy groups -OCH3 is 2. The molecule has 1 fully saturated rings. The van der Waals surface area contributed by atoms with E-state index in [9.17, 15) is 9.59 Å². The number of carbonyl (C=O) groups excluding carboxylic acids is 2. The first kappa shape index (κ1) is 17.1. The highest BCUT2D eigenvalue weighted by Crippen LogP contribution is 2.27. The lowest BCUT2D eigenvalue weighted by Gasteiger charge is -2.11. The third kappa shape index (κ3) is 4.85. The second-order valence-electron chi connectivity index (χ2n) is 5.08. The molecule has 1 aromatic rings. The zero-order valence-corrected chi connectivity index (χ0v) is 13.3. The van der Waals surface area contributed by atoms with E-state index in [1.165, 1.54) is 0 Å². The SMILES string of the molecule is COc1ccc(CNC(=O)COC(=O)[C@@H]2CCCO2)cc1OC. The van der Waals surface area contributed by atoms with Gasteiger partial charge in [0, 0.05) is 13.2 Å². The molecule has 0 spiro atoms. The quantitative estimate of drug-likeness (QED) is 0.755. The fourth-order valence-electron chi connectivity index (χ4n) is 2.24. The van der Waals surface area contributed by atoms with Crippen LogP contribution >= 0.6 is 0 Å². The van der Waals surface area contributed by atoms with E-state index in [0.29, 0.717) is 31.1 Å². The Kier molecular flexibility index (Phi) is 6.22. The Labute approximate surface area is 134 Å². The van der Waals surface area contributed by atoms with Crippen LogP contribution in [0.15, 0.2) is 18.2 Å². The molecule has 0 radical (unpaired) electrons. The van der Waals surface area contributed by atoms with E-state index in [4.69, 9.17) is 18.9 Å². The van der Waals surface area contributed by atoms with E-state index in [1.807, 2.05) is 6.07 Å². The summed E-state index contributed by atoms with van der Waals surface area (Å²) in [7, 11) is 3.10. The average molecular weight is 323 g/mol. The third-order valence-corrected chi connectivity index (χ3v) is 3.48. The van der Waals surface area contributed by atoms with E-state index in [0.717, 1.165) is 12.0 Å². The molecule has 0 aliphatic carbocycles. The predicted octanol–water partition coefficient (Wildman–Crippen LogP) is 1.04. The number of benzene rings is 1. The van der Waals surface area contributed by atoms with Crippen LogP contribution in [0.5, 0.6) is 11.5 Å². The Bertz CT molecular complexity index is 554. The van der Waals surface area contributed by atoms with E-state index in [-0.39, 0.29) is 12.5 Å². The van der Waals surface area contributed by atoms with Crippen molar-refractivity contribution in [3.8, 4) is 11.5 Å². The van der Waals surface area contributed by atoms with Crippen molar-refractivity contribution in [2.75, 3.05) is 27.4 Å². The van der Waals surface area contributed by atoms with Gasteiger partial charge in [0.25, 0.3) is 5.91 Å². The van der Waals surface area contributed by atoms with Gasteiger partial charge in [0.15, 0.2) is 24.2 Å². The van der Waals surface area contributed by atoms with Gasteiger partial charge < -0.3 is 24.3 Å². The molecule has 0 unspecified atom stereocenters. The maximum atomic E-state index is 11.7. The summed E-state index contributed by atoms with van der Waals surface area (Å²) in [4.78, 5) is 23.3. The van der Waals surface area contributed by atoms with Gasteiger partial charge in [0.2, 0.25) is 0 Å². The summed E-state index contributed by atoms with van der Waals surface area (Å²) in [5, 5.41) is 2.68. The predicted molar refractivity (Wildman–Crippen MR) is 81.3 cm³/mol. The first-order valence-corrected chi connectivity index (χ1v) is 7.40. The van der Waals surface area contributed by atoms with Gasteiger partial charge in [-0.15, -0.1) is 0 Å². The second-order valence-corrected chi connectivity index (χ2v) is 5.08. The maximum absolute atomic E-state index is 11.7. The van der Waals surface area contributed by atoms with Crippen LogP contribution in [0.1, 0.15) is 18.4 Å². The highest BCUT2D eigenvalue weighted by molar-refractivity contribution is 5.82. The maximum Gasteiger partial charge on any atom is 0.335 e. The van der Waals surface area contributed by atoms with Crippen molar-refractivity contribution in [3.63, 3.8) is 0 Å². The first-order valence-electron chi connectivity index (χ1n) is 7.40. The zero-order chi connectivity index (χ0) is 16.7. The number of esters is 1. The number of ether oxygens (including phenoxy) is 4. The summed E-state index contributed by atoms with van der Waals surface area (Å²) in [6, 6.07) is 5.36. The van der Waals surface area contributed by atoms with Gasteiger partial charge in [-0.25, -0.2) is 4.79 Å². The van der Waals surface area contributed by atoms with Crippen LogP contribution in [0.3, 0.4) is 0 Å². The lowest BCUT2D eigenvalue weighted by molar-refractivity contribution is -0.157. The Balaban J connectivity index is 1.76. The van der Waals surface area contributed by atoms with Gasteiger partial charge in [-0.2, -0.15) is 0 Å². The van der Waals surface area contributed by atoms with Crippen LogP contribution in [-0.2, 0) is 25.6 Å². The summed E-state index contributed by atoms with van der Waals surface area (Å²) in [6.07, 6.45) is 0.950. The zero-order valence-electron chi connectivity index (χ0n) is 13.3. The Morgan fingerprint density at radius 3 is 2.70 bits per heavy atom. The third-order valence-electron chi connectivity index (χ3n) is 3.48. The lowest BCUT2D eigenvalue weighted by Crippen LogP contribution is -2.31. The molecule has 1 aliphatic rings. The average Bonchev–Trinajstić information content (AvgIpc) is 3.12. The van der Waals surface area contributed by atoms with E-state index >= 15 is 0 Å². The van der Waals surface area contributed by atoms with Gasteiger partial charge in [-0.05, 0) is 30.5 Å². The number of hydrogen-bond donors (Lipinski definition) is 1. The fourth-order valence-corrected chi connectivity index (χ4v) is 2.24. The molecule has 1 N–H and O–H groups in total. The van der Waals surface area contributed by atoms with Crippen molar-refractivity contribution in [1.29, 1.82) is 0 Å². The summed E-state index contributed by atoms with van der Waals surface area (Å²) in [5.41, 5.74) is 0.849. The van der Waals surface area contributed by atoms with Crippen molar-refractivity contribution in [1.82, 2.24) is 5.32 Å². The number of nitrogens with one attached hydrogen (secondary N) is 1. The molecule has 0 saturated carbocycles. The van der Waals surface area contributed by atoms with Crippen molar-refractivity contribution < 1.29 is 28.5 Å². The molecular weight excluding hydrogens is 302 g/mol. The number of hydrogen-bond acceptors (Lipinski definition) is 6. The molecule has 23 heavy (non-hydrogen) atoms. The van der Waals surface area contributed by atoms with E-state index in [2.05, 4.69) is 5.32 Å². The highest BCUT2D eigenvalue weighted by atomic mass is 16.6. The second kappa shape index (κ2) is 8.38. The molecule has 1 atom stereocenters. The molecule has 1 amide bonds. The number of carbonyl (C=O) groups is 2. The van der Waals surface area contributed by atoms with Crippen molar-refractivity contribution in [2.24, 2.45) is 0 Å². The smallest absolute Gasteiger partial charge is 0.335 e. The molecule has 7 nitrogen and oxygen atoms in total. The molecule has 0 bridgehead atoms. The fraction of sp³-hybridized carbons (Fsp3) is 0.500. The van der Waals surface area contributed by atoms with Crippen LogP contribution in [0.2, 0.25) is 0 Å². The molecule has 1 saturated heterocycles. The van der Waals surface area contributed by atoms with Gasteiger partial charge in [0.05, 0.1) is 14.2 Å². The molecule has 1 aliphatic heterocycles. The largest absolute Gasteiger partial charge is 0.493 e. The van der Waals surface area contributed by atoms with Gasteiger partial charge in [0.1, 0.15) is 0 Å². The van der Waals surface area contributed by atoms with Crippen LogP contribution in [0, 0.1) is 0 Å². The van der Waals surface area contributed by atoms with Crippen LogP contribution in [-0.4, -0.2) is 45.4 Å². The summed E-state index contributed by atoms with van der Waals surface area (Å²) in [5.74, 6) is 0.354. The lowest BCUT2D eigenvalue weighted by atomic mass is 10.2. The summed E-state index contributed by atoms with van der Waals surface area (Å²) >= 11 is 0. The van der Waals surface area contributed by atoms with Crippen LogP contribution < -0.4 is 14.8 Å². The van der Waals surface area contributed by atoms with Crippen LogP contribution in [0.25, 0.3) is 0 Å². The highest BCUT2D eigenvalue weighted by Gasteiger charge is 2.25. The standard InChI is InChI=1S/C16H21NO6/c1-20-12-6-5-11(8-14(12)21-2)9-17-15(18)10-23-16(19)13-4-3-7-22-13/h5-6,8,13H,3-4,7,9-10H2,1-2H3,(H,17,18)/t13-/m0/s1. The molecule has 126 valence electrons. The Hall–Kier alpha value is -2.28. The topological polar surface area (TPSA) is 83.1 Å². The van der Waals surface area contributed by atoms with Crippen molar-refractivity contribution >= 4 is 11.9 Å². The Morgan fingerprint density at radius 1 is 1.26 bits per heavy atom. The minimum Gasteiger partial charge on any atom is -0.493 e. The molecule has 7 heteroatoms. The molecular formula is C16H21NO6. The van der Waals surface area contributed by atoms with E-state index in [1.54, 1.807) is 26.4 Å². The summed E-state index contributed by atoms with van der Waals surface area (Å²) < 4.78 is 20.5. The molecule has 1 aromatic carbocycles. The summed E-state index contributed by atoms with van der Waals surface area (Å²) in [6.45, 7) is 0.550. The molecule has 1 heterocycles. The normalized spacial score (nSPS) is 16.7. The van der Waals surface area contributed by atoms with Gasteiger partial charge in [-0.3, -0.25) is 4.79 Å². The van der Waals surface area contributed by atoms with Crippen molar-refractivity contribution in [3.05, 3.63) is 23.8 Å². The van der Waals surface area contributed by atoms with Crippen molar-refractivity contribution in [2.45, 2.75) is 25.5 Å². The minimum atomic E-state index is -0.534. The van der Waals surface area contributed by atoms with Crippen LogP contribution in [0.4, 0.5) is 0 Å². The number of amides is 1. The van der Waals surface area contributed by atoms with E-state index < -0.39 is 12.1 Å². The monoisotopic (exact) mass is 323 g/mol. The van der Waals surface area contributed by atoms with Gasteiger partial charge in [-0.1, -0.05) is 6.07 Å². The first-order chi connectivity index (χ1) is 11.1. The molecule has 0 aromatic heterocycles. The minimum absolute atomic E-state index is 0.302. The number of rotatable bonds is 7. The Morgan fingerprint density at radius 2 is 2.04 bits per heavy atom. The van der Waals surface area contributed by atoms with Gasteiger partial charge >= 0.3 is 5.97 Å².